The standard InChI is InChI=1S/C6H9N3O3/c1-11-5-3-12-4(2-10)6(5)8-9-7/h2,4-6H,3H2,1H3/t4-,5-,6+/m0/s1. The molecule has 1 heterocycles. The molecule has 0 unspecified atom stereocenters. The zero-order chi connectivity index (χ0) is 8.97. The lowest BCUT2D eigenvalue weighted by molar-refractivity contribution is -0.115. The number of carbonyl (C=O) groups excluding carboxylic acids is 1. The molecule has 1 fully saturated rings. The van der Waals surface area contributed by atoms with Gasteiger partial charge >= 0.3 is 0 Å². The van der Waals surface area contributed by atoms with Crippen molar-refractivity contribution in [3.63, 3.8) is 0 Å². The Kier molecular flexibility index (Phi) is 3.04. The number of hydrogen-bond donors (Lipinski definition) is 0. The Morgan fingerprint density at radius 3 is 3.08 bits per heavy atom. The molecule has 0 aromatic heterocycles. The minimum atomic E-state index is -0.661. The molecule has 1 rings (SSSR count). The number of nitrogens with zero attached hydrogens (tertiary/aromatic N) is 3. The lowest BCUT2D eigenvalue weighted by Gasteiger charge is -2.11. The van der Waals surface area contributed by atoms with E-state index in [1.165, 1.54) is 7.11 Å². The number of hydrogen-bond acceptors (Lipinski definition) is 4. The highest BCUT2D eigenvalue weighted by Gasteiger charge is 2.36. The first-order valence-corrected chi connectivity index (χ1v) is 3.47. The lowest BCUT2D eigenvalue weighted by atomic mass is 10.1. The van der Waals surface area contributed by atoms with Crippen LogP contribution in [0.1, 0.15) is 0 Å². The fourth-order valence-electron chi connectivity index (χ4n) is 1.14. The number of ether oxygens (including phenoxy) is 2. The topological polar surface area (TPSA) is 84.3 Å². The molecule has 1 aliphatic heterocycles. The van der Waals surface area contributed by atoms with Crippen LogP contribution in [0.2, 0.25) is 0 Å². The second kappa shape index (κ2) is 4.06. The number of methoxy groups -OCH3 is 1. The first-order chi connectivity index (χ1) is 5.83. The van der Waals surface area contributed by atoms with Crippen LogP contribution >= 0.6 is 0 Å². The second-order valence-corrected chi connectivity index (χ2v) is 2.40. The summed E-state index contributed by atoms with van der Waals surface area (Å²) in [4.78, 5) is 13.0. The van der Waals surface area contributed by atoms with Crippen molar-refractivity contribution in [3.05, 3.63) is 10.4 Å². The summed E-state index contributed by atoms with van der Waals surface area (Å²) >= 11 is 0. The van der Waals surface area contributed by atoms with E-state index in [0.717, 1.165) is 0 Å². The van der Waals surface area contributed by atoms with Crippen LogP contribution in [0.5, 0.6) is 0 Å². The van der Waals surface area contributed by atoms with E-state index < -0.39 is 12.1 Å². The zero-order valence-electron chi connectivity index (χ0n) is 6.58. The Hall–Kier alpha value is -1.10. The molecular formula is C6H9N3O3. The SMILES string of the molecule is CO[C@H]1CO[C@@H](C=O)[C@H]1N=[N+]=[N-]. The number of carbonyl (C=O) groups is 1. The molecule has 66 valence electrons. The largest absolute Gasteiger partial charge is 0.379 e. The van der Waals surface area contributed by atoms with E-state index in [1.54, 1.807) is 0 Å². The summed E-state index contributed by atoms with van der Waals surface area (Å²) in [6.45, 7) is 0.295. The van der Waals surface area contributed by atoms with Gasteiger partial charge in [-0.2, -0.15) is 0 Å². The lowest BCUT2D eigenvalue weighted by Crippen LogP contribution is -2.30. The fraction of sp³-hybridized carbons (Fsp3) is 0.833. The highest BCUT2D eigenvalue weighted by molar-refractivity contribution is 5.58. The molecule has 0 aliphatic carbocycles. The van der Waals surface area contributed by atoms with Gasteiger partial charge in [0.1, 0.15) is 12.4 Å². The molecule has 1 saturated heterocycles. The Labute approximate surface area is 69.1 Å². The van der Waals surface area contributed by atoms with Crippen LogP contribution in [0, 0.1) is 0 Å². The monoisotopic (exact) mass is 171 g/mol. The predicted octanol–water partition coefficient (Wildman–Crippen LogP) is 0.278. The molecule has 12 heavy (non-hydrogen) atoms. The zero-order valence-corrected chi connectivity index (χ0v) is 6.58. The molecular weight excluding hydrogens is 162 g/mol. The first-order valence-electron chi connectivity index (χ1n) is 3.47. The Bertz CT molecular complexity index is 214. The number of azide groups is 1. The molecule has 3 atom stereocenters. The molecule has 0 N–H and O–H groups in total. The van der Waals surface area contributed by atoms with Crippen LogP contribution < -0.4 is 0 Å². The quantitative estimate of drug-likeness (QED) is 0.264. The van der Waals surface area contributed by atoms with Crippen molar-refractivity contribution in [1.82, 2.24) is 0 Å². The van der Waals surface area contributed by atoms with Crippen LogP contribution in [-0.4, -0.2) is 38.3 Å². The molecule has 0 aromatic carbocycles. The van der Waals surface area contributed by atoms with Gasteiger partial charge in [-0.3, -0.25) is 0 Å². The first kappa shape index (κ1) is 8.99. The van der Waals surface area contributed by atoms with Crippen molar-refractivity contribution >= 4 is 6.29 Å². The molecule has 6 heteroatoms. The van der Waals surface area contributed by atoms with E-state index in [1.807, 2.05) is 0 Å². The highest BCUT2D eigenvalue weighted by atomic mass is 16.6. The number of aldehydes is 1. The van der Waals surface area contributed by atoms with Crippen molar-refractivity contribution < 1.29 is 14.3 Å². The van der Waals surface area contributed by atoms with Crippen LogP contribution in [-0.2, 0) is 14.3 Å². The minimum absolute atomic E-state index is 0.295. The molecule has 0 bridgehead atoms. The van der Waals surface area contributed by atoms with Gasteiger partial charge in [0.2, 0.25) is 0 Å². The summed E-state index contributed by atoms with van der Waals surface area (Å²) in [6.07, 6.45) is -0.347. The molecule has 0 spiro atoms. The second-order valence-electron chi connectivity index (χ2n) is 2.40. The summed E-state index contributed by atoms with van der Waals surface area (Å²) in [5, 5.41) is 3.43. The molecule has 0 saturated carbocycles. The summed E-state index contributed by atoms with van der Waals surface area (Å²) in [7, 11) is 1.49. The van der Waals surface area contributed by atoms with Crippen LogP contribution in [0.4, 0.5) is 0 Å². The van der Waals surface area contributed by atoms with Gasteiger partial charge < -0.3 is 14.3 Å². The van der Waals surface area contributed by atoms with E-state index in [-0.39, 0.29) is 6.10 Å². The Morgan fingerprint density at radius 1 is 1.83 bits per heavy atom. The Balaban J connectivity index is 2.71. The third-order valence-corrected chi connectivity index (χ3v) is 1.79. The fourth-order valence-corrected chi connectivity index (χ4v) is 1.14. The Morgan fingerprint density at radius 2 is 2.58 bits per heavy atom. The smallest absolute Gasteiger partial charge is 0.149 e. The van der Waals surface area contributed by atoms with Crippen molar-refractivity contribution in [2.45, 2.75) is 18.2 Å². The average molecular weight is 171 g/mol. The minimum Gasteiger partial charge on any atom is -0.379 e. The maximum Gasteiger partial charge on any atom is 0.149 e. The van der Waals surface area contributed by atoms with Gasteiger partial charge in [-0.15, -0.1) is 0 Å². The van der Waals surface area contributed by atoms with Crippen LogP contribution in [0.25, 0.3) is 10.4 Å². The van der Waals surface area contributed by atoms with E-state index in [2.05, 4.69) is 10.0 Å². The van der Waals surface area contributed by atoms with Gasteiger partial charge in [0.25, 0.3) is 0 Å². The van der Waals surface area contributed by atoms with E-state index in [0.29, 0.717) is 12.9 Å². The molecule has 0 radical (unpaired) electrons. The van der Waals surface area contributed by atoms with Crippen molar-refractivity contribution in [2.24, 2.45) is 5.11 Å². The van der Waals surface area contributed by atoms with Crippen LogP contribution in [0.15, 0.2) is 5.11 Å². The van der Waals surface area contributed by atoms with E-state index in [9.17, 15) is 4.79 Å². The average Bonchev–Trinajstić information content (AvgIpc) is 2.48. The van der Waals surface area contributed by atoms with E-state index >= 15 is 0 Å². The van der Waals surface area contributed by atoms with Gasteiger partial charge in [-0.05, 0) is 5.53 Å². The summed E-state index contributed by atoms with van der Waals surface area (Å²) < 4.78 is 9.97. The van der Waals surface area contributed by atoms with Gasteiger partial charge in [0.15, 0.2) is 0 Å². The summed E-state index contributed by atoms with van der Waals surface area (Å²) in [5.41, 5.74) is 8.18. The van der Waals surface area contributed by atoms with E-state index in [4.69, 9.17) is 15.0 Å². The van der Waals surface area contributed by atoms with Crippen molar-refractivity contribution in [3.8, 4) is 0 Å². The maximum atomic E-state index is 10.4. The number of rotatable bonds is 3. The third-order valence-electron chi connectivity index (χ3n) is 1.79. The van der Waals surface area contributed by atoms with Crippen molar-refractivity contribution in [1.29, 1.82) is 0 Å². The van der Waals surface area contributed by atoms with Gasteiger partial charge in [0, 0.05) is 12.0 Å². The third kappa shape index (κ3) is 1.55. The van der Waals surface area contributed by atoms with Crippen molar-refractivity contribution in [2.75, 3.05) is 13.7 Å². The maximum absolute atomic E-state index is 10.4. The van der Waals surface area contributed by atoms with Gasteiger partial charge in [-0.25, -0.2) is 0 Å². The molecule has 1 aliphatic rings. The van der Waals surface area contributed by atoms with Crippen LogP contribution in [0.3, 0.4) is 0 Å². The normalized spacial score (nSPS) is 34.2. The molecule has 0 amide bonds. The summed E-state index contributed by atoms with van der Waals surface area (Å²) in [5.74, 6) is 0. The van der Waals surface area contributed by atoms with Gasteiger partial charge in [-0.1, -0.05) is 5.11 Å². The van der Waals surface area contributed by atoms with Gasteiger partial charge in [0.05, 0.1) is 18.8 Å². The summed E-state index contributed by atoms with van der Waals surface area (Å²) in [6, 6.07) is -0.530. The molecule has 6 nitrogen and oxygen atoms in total. The molecule has 0 aromatic rings. The highest BCUT2D eigenvalue weighted by Crippen LogP contribution is 2.18. The predicted molar refractivity (Wildman–Crippen MR) is 39.5 cm³/mol.